The molecular weight excluding hydrogens is 251 g/mol. The van der Waals surface area contributed by atoms with Crippen molar-refractivity contribution in [1.82, 2.24) is 4.90 Å². The van der Waals surface area contributed by atoms with Crippen LogP contribution in [0, 0.1) is 11.7 Å². The number of likely N-dealkylation sites (tertiary alicyclic amines) is 1. The van der Waals surface area contributed by atoms with Gasteiger partial charge in [-0.05, 0) is 24.1 Å². The molecule has 0 radical (unpaired) electrons. The third-order valence-electron chi connectivity index (χ3n) is 3.68. The molecule has 1 aromatic carbocycles. The minimum absolute atomic E-state index is 0.231. The molecule has 2 amide bonds. The van der Waals surface area contributed by atoms with Gasteiger partial charge in [-0.15, -0.1) is 0 Å². The Bertz CT molecular complexity index is 555. The summed E-state index contributed by atoms with van der Waals surface area (Å²) in [6, 6.07) is 4.20. The second kappa shape index (κ2) is 4.22. The first-order valence-electron chi connectivity index (χ1n) is 6.14. The number of urea groups is 1. The normalized spacial score (nSPS) is 18.2. The van der Waals surface area contributed by atoms with E-state index >= 15 is 0 Å². The van der Waals surface area contributed by atoms with Crippen molar-refractivity contribution in [3.05, 3.63) is 29.6 Å². The van der Waals surface area contributed by atoms with E-state index in [4.69, 9.17) is 5.11 Å². The molecule has 19 heavy (non-hydrogen) atoms. The zero-order valence-corrected chi connectivity index (χ0v) is 10.2. The second-order valence-corrected chi connectivity index (χ2v) is 4.90. The third kappa shape index (κ3) is 1.93. The van der Waals surface area contributed by atoms with Crippen LogP contribution in [0.15, 0.2) is 18.2 Å². The number of anilines is 1. The van der Waals surface area contributed by atoms with Crippen LogP contribution < -0.4 is 4.90 Å². The molecule has 2 heterocycles. The molecule has 0 aromatic heterocycles. The Hall–Kier alpha value is -2.11. The zero-order valence-electron chi connectivity index (χ0n) is 10.2. The monoisotopic (exact) mass is 264 g/mol. The summed E-state index contributed by atoms with van der Waals surface area (Å²) < 4.78 is 13.2. The van der Waals surface area contributed by atoms with Crippen molar-refractivity contribution in [2.24, 2.45) is 5.92 Å². The van der Waals surface area contributed by atoms with Crippen LogP contribution in [-0.4, -0.2) is 41.6 Å². The van der Waals surface area contributed by atoms with Gasteiger partial charge in [0.1, 0.15) is 5.82 Å². The Labute approximate surface area is 109 Å². The lowest BCUT2D eigenvalue weighted by molar-refractivity contribution is -0.146. The smallest absolute Gasteiger partial charge is 0.324 e. The van der Waals surface area contributed by atoms with Gasteiger partial charge in [0.25, 0.3) is 0 Å². The lowest BCUT2D eigenvalue weighted by Gasteiger charge is -2.39. The highest BCUT2D eigenvalue weighted by Gasteiger charge is 2.39. The summed E-state index contributed by atoms with van der Waals surface area (Å²) in [5.74, 6) is -1.72. The summed E-state index contributed by atoms with van der Waals surface area (Å²) in [6.07, 6.45) is 0.706. The van der Waals surface area contributed by atoms with Crippen molar-refractivity contribution < 1.29 is 19.1 Å². The van der Waals surface area contributed by atoms with Gasteiger partial charge in [-0.1, -0.05) is 6.07 Å². The summed E-state index contributed by atoms with van der Waals surface area (Å²) in [7, 11) is 0. The maximum atomic E-state index is 13.2. The fourth-order valence-electron chi connectivity index (χ4n) is 2.51. The van der Waals surface area contributed by atoms with Crippen LogP contribution in [0.3, 0.4) is 0 Å². The number of hydrogen-bond donors (Lipinski definition) is 1. The van der Waals surface area contributed by atoms with Gasteiger partial charge in [-0.3, -0.25) is 9.69 Å². The Morgan fingerprint density at radius 2 is 2.05 bits per heavy atom. The topological polar surface area (TPSA) is 60.9 Å². The van der Waals surface area contributed by atoms with Crippen molar-refractivity contribution in [1.29, 1.82) is 0 Å². The van der Waals surface area contributed by atoms with Crippen molar-refractivity contribution >= 4 is 17.7 Å². The van der Waals surface area contributed by atoms with Crippen LogP contribution in [0.2, 0.25) is 0 Å². The number of carboxylic acid groups (broad SMARTS) is 1. The minimum atomic E-state index is -0.878. The summed E-state index contributed by atoms with van der Waals surface area (Å²) in [6.45, 7) is 0.983. The number of hydrogen-bond acceptors (Lipinski definition) is 2. The Balaban J connectivity index is 1.74. The molecule has 1 N–H and O–H groups in total. The second-order valence-electron chi connectivity index (χ2n) is 4.90. The molecule has 0 spiro atoms. The molecule has 0 unspecified atom stereocenters. The van der Waals surface area contributed by atoms with Crippen molar-refractivity contribution in [3.8, 4) is 0 Å². The molecule has 0 bridgehead atoms. The van der Waals surface area contributed by atoms with Gasteiger partial charge in [-0.25, -0.2) is 9.18 Å². The number of carbonyl (C=O) groups excluding carboxylic acids is 1. The van der Waals surface area contributed by atoms with Crippen LogP contribution in [-0.2, 0) is 11.2 Å². The van der Waals surface area contributed by atoms with Gasteiger partial charge >= 0.3 is 12.0 Å². The van der Waals surface area contributed by atoms with Gasteiger partial charge in [0.15, 0.2) is 0 Å². The Morgan fingerprint density at radius 1 is 1.32 bits per heavy atom. The van der Waals surface area contributed by atoms with Gasteiger partial charge in [0, 0.05) is 19.6 Å². The minimum Gasteiger partial charge on any atom is -0.481 e. The summed E-state index contributed by atoms with van der Waals surface area (Å²) >= 11 is 0. The molecule has 1 saturated heterocycles. The van der Waals surface area contributed by atoms with Crippen LogP contribution in [0.1, 0.15) is 5.56 Å². The number of aliphatic carboxylic acids is 1. The largest absolute Gasteiger partial charge is 0.481 e. The number of nitrogens with zero attached hydrogens (tertiary/aromatic N) is 2. The number of amides is 2. The summed E-state index contributed by atoms with van der Waals surface area (Å²) in [4.78, 5) is 25.9. The van der Waals surface area contributed by atoms with Gasteiger partial charge in [0.2, 0.25) is 0 Å². The molecule has 3 rings (SSSR count). The predicted octanol–water partition coefficient (Wildman–Crippen LogP) is 1.32. The number of halogens is 1. The third-order valence-corrected chi connectivity index (χ3v) is 3.68. The van der Waals surface area contributed by atoms with E-state index < -0.39 is 11.9 Å². The lowest BCUT2D eigenvalue weighted by atomic mass is 10.0. The van der Waals surface area contributed by atoms with E-state index in [9.17, 15) is 14.0 Å². The van der Waals surface area contributed by atoms with E-state index in [2.05, 4.69) is 0 Å². The molecule has 0 aliphatic carbocycles. The van der Waals surface area contributed by atoms with Crippen LogP contribution in [0.5, 0.6) is 0 Å². The van der Waals surface area contributed by atoms with Crippen LogP contribution in [0.4, 0.5) is 14.9 Å². The molecule has 1 aromatic rings. The van der Waals surface area contributed by atoms with Gasteiger partial charge < -0.3 is 10.0 Å². The predicted molar refractivity (Wildman–Crippen MR) is 65.5 cm³/mol. The molecule has 6 heteroatoms. The maximum absolute atomic E-state index is 13.2. The fourth-order valence-corrected chi connectivity index (χ4v) is 2.51. The zero-order chi connectivity index (χ0) is 13.6. The number of rotatable bonds is 1. The SMILES string of the molecule is O=C(O)C1CN(C(=O)N2CCc3ccc(F)cc32)C1. The first kappa shape index (κ1) is 12.0. The molecule has 2 aliphatic rings. The van der Waals surface area contributed by atoms with E-state index in [1.807, 2.05) is 0 Å². The summed E-state index contributed by atoms with van der Waals surface area (Å²) in [5.41, 5.74) is 1.55. The number of carbonyl (C=O) groups is 2. The van der Waals surface area contributed by atoms with Crippen LogP contribution >= 0.6 is 0 Å². The van der Waals surface area contributed by atoms with E-state index in [0.29, 0.717) is 18.7 Å². The van der Waals surface area contributed by atoms with Crippen molar-refractivity contribution in [2.45, 2.75) is 6.42 Å². The highest BCUT2D eigenvalue weighted by molar-refractivity contribution is 5.95. The first-order chi connectivity index (χ1) is 9.06. The molecule has 0 saturated carbocycles. The highest BCUT2D eigenvalue weighted by Crippen LogP contribution is 2.31. The molecule has 1 fully saturated rings. The maximum Gasteiger partial charge on any atom is 0.324 e. The first-order valence-corrected chi connectivity index (χ1v) is 6.14. The molecule has 100 valence electrons. The van der Waals surface area contributed by atoms with Gasteiger partial charge in [-0.2, -0.15) is 0 Å². The molecule has 5 nitrogen and oxygen atoms in total. The Morgan fingerprint density at radius 3 is 2.74 bits per heavy atom. The fraction of sp³-hybridized carbons (Fsp3) is 0.385. The van der Waals surface area contributed by atoms with Crippen molar-refractivity contribution in [3.63, 3.8) is 0 Å². The van der Waals surface area contributed by atoms with Gasteiger partial charge in [0.05, 0.1) is 11.6 Å². The molecule has 0 atom stereocenters. The van der Waals surface area contributed by atoms with E-state index in [1.165, 1.54) is 21.9 Å². The molecule has 2 aliphatic heterocycles. The molecular formula is C13H13FN2O3. The standard InChI is InChI=1S/C13H13FN2O3/c14-10-2-1-8-3-4-16(11(8)5-10)13(19)15-6-9(7-15)12(17)18/h1-2,5,9H,3-4,6-7H2,(H,17,18). The van der Waals surface area contributed by atoms with Crippen molar-refractivity contribution in [2.75, 3.05) is 24.5 Å². The van der Waals surface area contributed by atoms with E-state index in [-0.39, 0.29) is 24.9 Å². The quantitative estimate of drug-likeness (QED) is 0.832. The van der Waals surface area contributed by atoms with E-state index in [0.717, 1.165) is 5.56 Å². The number of benzene rings is 1. The average Bonchev–Trinajstić information content (AvgIpc) is 2.68. The number of fused-ring (bicyclic) bond motifs is 1. The summed E-state index contributed by atoms with van der Waals surface area (Å²) in [5, 5.41) is 8.79. The Kier molecular flexibility index (Phi) is 2.66. The number of carboxylic acids is 1. The lowest BCUT2D eigenvalue weighted by Crippen LogP contribution is -2.57. The highest BCUT2D eigenvalue weighted by atomic mass is 19.1. The average molecular weight is 264 g/mol. The van der Waals surface area contributed by atoms with E-state index in [1.54, 1.807) is 6.07 Å². The van der Waals surface area contributed by atoms with Crippen LogP contribution in [0.25, 0.3) is 0 Å².